The molecule has 7 heteroatoms. The van der Waals surface area contributed by atoms with Gasteiger partial charge in [0.05, 0.1) is 10.0 Å². The van der Waals surface area contributed by atoms with E-state index in [4.69, 9.17) is 27.9 Å². The number of carbonyl (C=O) groups is 1. The summed E-state index contributed by atoms with van der Waals surface area (Å²) in [4.78, 5) is 14.4. The van der Waals surface area contributed by atoms with Crippen molar-refractivity contribution in [3.05, 3.63) is 46.2 Å². The van der Waals surface area contributed by atoms with E-state index in [2.05, 4.69) is 5.10 Å². The molecule has 0 N–H and O–H groups in total. The minimum Gasteiger partial charge on any atom is -0.468 e. The number of aromatic nitrogens is 2. The van der Waals surface area contributed by atoms with Crippen molar-refractivity contribution in [3.8, 4) is 5.75 Å². The standard InChI is InChI=1S/C17H19Cl2N3O2/c18-13-6-5-7-14(19)16(13)24-12-22-11-8-15(20-22)17(23)21-9-3-1-2-4-10-21/h5-8,11H,1-4,9-10,12H2. The van der Waals surface area contributed by atoms with Crippen LogP contribution in [0.5, 0.6) is 5.75 Å². The summed E-state index contributed by atoms with van der Waals surface area (Å²) in [6.07, 6.45) is 6.20. The average Bonchev–Trinajstić information content (AvgIpc) is 2.87. The molecule has 5 nitrogen and oxygen atoms in total. The SMILES string of the molecule is O=C(c1ccn(COc2c(Cl)cccc2Cl)n1)N1CCCCCC1. The highest BCUT2D eigenvalue weighted by atomic mass is 35.5. The number of carbonyl (C=O) groups excluding carboxylic acids is 1. The number of halogens is 2. The summed E-state index contributed by atoms with van der Waals surface area (Å²) in [6, 6.07) is 6.88. The molecule has 3 rings (SSSR count). The van der Waals surface area contributed by atoms with Crippen molar-refractivity contribution in [2.45, 2.75) is 32.4 Å². The van der Waals surface area contributed by atoms with E-state index in [1.165, 1.54) is 12.8 Å². The van der Waals surface area contributed by atoms with Crippen molar-refractivity contribution < 1.29 is 9.53 Å². The summed E-state index contributed by atoms with van der Waals surface area (Å²) in [5, 5.41) is 5.19. The number of likely N-dealkylation sites (tertiary alicyclic amines) is 1. The molecule has 2 heterocycles. The van der Waals surface area contributed by atoms with Crippen molar-refractivity contribution >= 4 is 29.1 Å². The van der Waals surface area contributed by atoms with Gasteiger partial charge in [-0.15, -0.1) is 0 Å². The zero-order valence-corrected chi connectivity index (χ0v) is 14.8. The number of rotatable bonds is 4. The highest BCUT2D eigenvalue weighted by molar-refractivity contribution is 6.37. The lowest BCUT2D eigenvalue weighted by Gasteiger charge is -2.18. The predicted molar refractivity (Wildman–Crippen MR) is 93.7 cm³/mol. The fourth-order valence-electron chi connectivity index (χ4n) is 2.73. The van der Waals surface area contributed by atoms with E-state index in [0.717, 1.165) is 25.9 Å². The second-order valence-corrected chi connectivity index (χ2v) is 6.59. The molecule has 1 saturated heterocycles. The Morgan fingerprint density at radius 3 is 2.42 bits per heavy atom. The maximum atomic E-state index is 12.5. The van der Waals surface area contributed by atoms with Gasteiger partial charge >= 0.3 is 0 Å². The fraction of sp³-hybridized carbons (Fsp3) is 0.412. The van der Waals surface area contributed by atoms with Crippen LogP contribution in [0.3, 0.4) is 0 Å². The van der Waals surface area contributed by atoms with Crippen LogP contribution in [-0.2, 0) is 6.73 Å². The summed E-state index contributed by atoms with van der Waals surface area (Å²) in [7, 11) is 0. The third-order valence-electron chi connectivity index (χ3n) is 4.01. The third-order valence-corrected chi connectivity index (χ3v) is 4.61. The van der Waals surface area contributed by atoms with Crippen LogP contribution in [0.15, 0.2) is 30.5 Å². The zero-order valence-electron chi connectivity index (χ0n) is 13.3. The van der Waals surface area contributed by atoms with Gasteiger partial charge in [-0.05, 0) is 31.0 Å². The maximum absolute atomic E-state index is 12.5. The summed E-state index contributed by atoms with van der Waals surface area (Å²) < 4.78 is 7.18. The Morgan fingerprint density at radius 2 is 1.75 bits per heavy atom. The first kappa shape index (κ1) is 17.1. The molecule has 0 aliphatic carbocycles. The van der Waals surface area contributed by atoms with Crippen LogP contribution < -0.4 is 4.74 Å². The molecule has 0 spiro atoms. The molecule has 0 bridgehead atoms. The molecule has 0 saturated carbocycles. The molecule has 0 radical (unpaired) electrons. The molecular weight excluding hydrogens is 349 g/mol. The fourth-order valence-corrected chi connectivity index (χ4v) is 3.24. The van der Waals surface area contributed by atoms with E-state index in [-0.39, 0.29) is 12.6 Å². The van der Waals surface area contributed by atoms with Crippen LogP contribution in [0.2, 0.25) is 10.0 Å². The second-order valence-electron chi connectivity index (χ2n) is 5.77. The largest absolute Gasteiger partial charge is 0.468 e. The molecule has 0 unspecified atom stereocenters. The number of ether oxygens (including phenoxy) is 1. The van der Waals surface area contributed by atoms with E-state index in [1.54, 1.807) is 35.1 Å². The number of benzene rings is 1. The summed E-state index contributed by atoms with van der Waals surface area (Å²) in [5.74, 6) is 0.392. The number of hydrogen-bond donors (Lipinski definition) is 0. The Bertz CT molecular complexity index is 689. The molecule has 0 atom stereocenters. The molecule has 24 heavy (non-hydrogen) atoms. The Hall–Kier alpha value is -1.72. The first-order valence-electron chi connectivity index (χ1n) is 8.05. The van der Waals surface area contributed by atoms with Gasteiger partial charge in [0.1, 0.15) is 0 Å². The van der Waals surface area contributed by atoms with Crippen molar-refractivity contribution in [1.29, 1.82) is 0 Å². The first-order valence-corrected chi connectivity index (χ1v) is 8.80. The normalized spacial score (nSPS) is 15.2. The monoisotopic (exact) mass is 367 g/mol. The van der Waals surface area contributed by atoms with Gasteiger partial charge < -0.3 is 9.64 Å². The highest BCUT2D eigenvalue weighted by Crippen LogP contribution is 2.32. The second kappa shape index (κ2) is 7.90. The lowest BCUT2D eigenvalue weighted by atomic mass is 10.2. The van der Waals surface area contributed by atoms with Gasteiger partial charge in [0, 0.05) is 19.3 Å². The zero-order chi connectivity index (χ0) is 16.9. The minimum absolute atomic E-state index is 0.0218. The number of para-hydroxylation sites is 1. The van der Waals surface area contributed by atoms with Crippen molar-refractivity contribution in [1.82, 2.24) is 14.7 Å². The van der Waals surface area contributed by atoms with E-state index in [1.807, 2.05) is 4.90 Å². The van der Waals surface area contributed by atoms with Crippen LogP contribution >= 0.6 is 23.2 Å². The molecule has 1 aliphatic rings. The van der Waals surface area contributed by atoms with E-state index in [9.17, 15) is 4.79 Å². The third kappa shape index (κ3) is 4.02. The van der Waals surface area contributed by atoms with Crippen molar-refractivity contribution in [2.75, 3.05) is 13.1 Å². The van der Waals surface area contributed by atoms with Gasteiger partial charge in [-0.3, -0.25) is 4.79 Å². The van der Waals surface area contributed by atoms with Gasteiger partial charge in [-0.25, -0.2) is 4.68 Å². The Labute approximate surface area is 151 Å². The van der Waals surface area contributed by atoms with E-state index < -0.39 is 0 Å². The van der Waals surface area contributed by atoms with Crippen LogP contribution in [0, 0.1) is 0 Å². The number of nitrogens with zero attached hydrogens (tertiary/aromatic N) is 3. The van der Waals surface area contributed by atoms with Crippen molar-refractivity contribution in [3.63, 3.8) is 0 Å². The molecule has 1 aromatic carbocycles. The number of hydrogen-bond acceptors (Lipinski definition) is 3. The molecule has 1 aromatic heterocycles. The molecule has 1 amide bonds. The predicted octanol–water partition coefficient (Wildman–Crippen LogP) is 4.24. The molecule has 1 fully saturated rings. The Balaban J connectivity index is 1.64. The highest BCUT2D eigenvalue weighted by Gasteiger charge is 2.19. The van der Waals surface area contributed by atoms with Crippen LogP contribution in [-0.4, -0.2) is 33.7 Å². The Kier molecular flexibility index (Phi) is 5.63. The molecule has 128 valence electrons. The van der Waals surface area contributed by atoms with Gasteiger partial charge in [0.25, 0.3) is 5.91 Å². The first-order chi connectivity index (χ1) is 11.6. The van der Waals surface area contributed by atoms with Gasteiger partial charge in [0.2, 0.25) is 0 Å². The quantitative estimate of drug-likeness (QED) is 0.811. The maximum Gasteiger partial charge on any atom is 0.274 e. The molecule has 2 aromatic rings. The lowest BCUT2D eigenvalue weighted by molar-refractivity contribution is 0.0753. The smallest absolute Gasteiger partial charge is 0.274 e. The minimum atomic E-state index is -0.0218. The van der Waals surface area contributed by atoms with Gasteiger partial charge in [-0.1, -0.05) is 42.1 Å². The topological polar surface area (TPSA) is 47.4 Å². The Morgan fingerprint density at radius 1 is 1.08 bits per heavy atom. The summed E-state index contributed by atoms with van der Waals surface area (Å²) >= 11 is 12.1. The van der Waals surface area contributed by atoms with Crippen LogP contribution in [0.1, 0.15) is 36.2 Å². The average molecular weight is 368 g/mol. The van der Waals surface area contributed by atoms with Gasteiger partial charge in [0.15, 0.2) is 18.2 Å². The van der Waals surface area contributed by atoms with E-state index >= 15 is 0 Å². The lowest BCUT2D eigenvalue weighted by Crippen LogP contribution is -2.32. The molecular formula is C17H19Cl2N3O2. The van der Waals surface area contributed by atoms with Crippen molar-refractivity contribution in [2.24, 2.45) is 0 Å². The van der Waals surface area contributed by atoms with Crippen LogP contribution in [0.25, 0.3) is 0 Å². The van der Waals surface area contributed by atoms with Crippen LogP contribution in [0.4, 0.5) is 0 Å². The van der Waals surface area contributed by atoms with E-state index in [0.29, 0.717) is 21.5 Å². The number of amides is 1. The van der Waals surface area contributed by atoms with Gasteiger partial charge in [-0.2, -0.15) is 5.10 Å². The summed E-state index contributed by atoms with van der Waals surface area (Å²) in [6.45, 7) is 1.74. The summed E-state index contributed by atoms with van der Waals surface area (Å²) in [5.41, 5.74) is 0.436. The molecule has 1 aliphatic heterocycles.